The van der Waals surface area contributed by atoms with E-state index in [1.54, 1.807) is 6.33 Å². The average Bonchev–Trinajstić information content (AvgIpc) is 2.77. The van der Waals surface area contributed by atoms with Crippen molar-refractivity contribution in [2.45, 2.75) is 6.92 Å². The van der Waals surface area contributed by atoms with Crippen LogP contribution in [0, 0.1) is 11.3 Å². The molecule has 2 aliphatic heterocycles. The molecule has 5 heteroatoms. The van der Waals surface area contributed by atoms with Crippen LogP contribution in [0.3, 0.4) is 0 Å². The number of aromatic nitrogens is 3. The van der Waals surface area contributed by atoms with Crippen molar-refractivity contribution in [1.29, 1.82) is 0 Å². The Balaban J connectivity index is 1.85. The van der Waals surface area contributed by atoms with Crippen LogP contribution in [0.1, 0.15) is 6.92 Å². The summed E-state index contributed by atoms with van der Waals surface area (Å²) in [5, 5.41) is 4.14. The van der Waals surface area contributed by atoms with Gasteiger partial charge >= 0.3 is 0 Å². The van der Waals surface area contributed by atoms with Crippen molar-refractivity contribution in [3.8, 4) is 0 Å². The molecule has 0 amide bonds. The molecule has 0 N–H and O–H groups in total. The molecule has 0 bridgehead atoms. The fraction of sp³-hybridized carbons (Fsp3) is 0.800. The summed E-state index contributed by atoms with van der Waals surface area (Å²) in [5.41, 5.74) is 0.497. The largest absolute Gasteiger partial charge is 0.340 e. The minimum atomic E-state index is 0.497. The van der Waals surface area contributed by atoms with Crippen LogP contribution in [-0.2, 0) is 7.05 Å². The molecule has 4 nitrogen and oxygen atoms in total. The van der Waals surface area contributed by atoms with Crippen molar-refractivity contribution in [2.75, 3.05) is 29.5 Å². The number of fused-ring (bicyclic) bond motifs is 1. The summed E-state index contributed by atoms with van der Waals surface area (Å²) in [5.74, 6) is 4.46. The molecule has 1 aromatic heterocycles. The summed E-state index contributed by atoms with van der Waals surface area (Å²) < 4.78 is 1.87. The van der Waals surface area contributed by atoms with Crippen LogP contribution in [0.2, 0.25) is 0 Å². The van der Waals surface area contributed by atoms with Gasteiger partial charge in [0.25, 0.3) is 0 Å². The Morgan fingerprint density at radius 1 is 1.60 bits per heavy atom. The van der Waals surface area contributed by atoms with E-state index in [1.807, 2.05) is 11.7 Å². The van der Waals surface area contributed by atoms with Crippen molar-refractivity contribution >= 4 is 17.7 Å². The average molecular weight is 224 g/mol. The summed E-state index contributed by atoms with van der Waals surface area (Å²) >= 11 is 2.10. The maximum Gasteiger partial charge on any atom is 0.223 e. The molecule has 0 aromatic carbocycles. The van der Waals surface area contributed by atoms with E-state index >= 15 is 0 Å². The van der Waals surface area contributed by atoms with Gasteiger partial charge in [-0.1, -0.05) is 6.92 Å². The summed E-state index contributed by atoms with van der Waals surface area (Å²) in [4.78, 5) is 6.71. The second-order valence-corrected chi connectivity index (χ2v) is 5.96. The number of hydrogen-bond donors (Lipinski definition) is 0. The van der Waals surface area contributed by atoms with Gasteiger partial charge in [-0.05, 0) is 17.1 Å². The summed E-state index contributed by atoms with van der Waals surface area (Å²) in [6.45, 7) is 4.70. The van der Waals surface area contributed by atoms with Crippen LogP contribution in [0.4, 0.5) is 5.95 Å². The second kappa shape index (κ2) is 3.14. The van der Waals surface area contributed by atoms with Gasteiger partial charge in [0.1, 0.15) is 6.33 Å². The molecule has 3 heterocycles. The quantitative estimate of drug-likeness (QED) is 0.713. The molecule has 2 aliphatic rings. The molecule has 82 valence electrons. The first-order chi connectivity index (χ1) is 7.19. The molecule has 2 atom stereocenters. The van der Waals surface area contributed by atoms with E-state index in [4.69, 9.17) is 0 Å². The third-order valence-electron chi connectivity index (χ3n) is 3.70. The first-order valence-corrected chi connectivity index (χ1v) is 6.51. The zero-order valence-electron chi connectivity index (χ0n) is 9.18. The third kappa shape index (κ3) is 1.36. The Bertz CT molecular complexity index is 377. The SMILES string of the molecule is Cn1ncnc1N1C[C@@H]2CSC[C@]2(C)C1. The zero-order valence-corrected chi connectivity index (χ0v) is 10.00. The first-order valence-electron chi connectivity index (χ1n) is 5.36. The maximum atomic E-state index is 4.33. The van der Waals surface area contributed by atoms with Crippen LogP contribution in [0.15, 0.2) is 6.33 Å². The molecule has 3 rings (SSSR count). The molecule has 15 heavy (non-hydrogen) atoms. The minimum Gasteiger partial charge on any atom is -0.340 e. The zero-order chi connectivity index (χ0) is 10.5. The van der Waals surface area contributed by atoms with Crippen molar-refractivity contribution in [2.24, 2.45) is 18.4 Å². The number of thioether (sulfide) groups is 1. The standard InChI is InChI=1S/C10H16N4S/c1-10-5-14(3-8(10)4-15-6-10)9-11-7-12-13(9)2/h7-8H,3-6H2,1-2H3/t8-,10+/m1/s1. The molecular formula is C10H16N4S. The highest BCUT2D eigenvalue weighted by Gasteiger charge is 2.47. The number of anilines is 1. The first kappa shape index (κ1) is 9.51. The second-order valence-electron chi connectivity index (χ2n) is 4.93. The fourth-order valence-electron chi connectivity index (χ4n) is 2.70. The Morgan fingerprint density at radius 2 is 2.47 bits per heavy atom. The summed E-state index contributed by atoms with van der Waals surface area (Å²) in [7, 11) is 1.97. The molecular weight excluding hydrogens is 208 g/mol. The lowest BCUT2D eigenvalue weighted by molar-refractivity contribution is 0.342. The van der Waals surface area contributed by atoms with Crippen LogP contribution < -0.4 is 4.90 Å². The number of hydrogen-bond acceptors (Lipinski definition) is 4. The lowest BCUT2D eigenvalue weighted by Crippen LogP contribution is -2.28. The molecule has 0 radical (unpaired) electrons. The van der Waals surface area contributed by atoms with Crippen LogP contribution in [0.25, 0.3) is 0 Å². The molecule has 0 unspecified atom stereocenters. The van der Waals surface area contributed by atoms with E-state index in [2.05, 4.69) is 33.7 Å². The molecule has 2 saturated heterocycles. The monoisotopic (exact) mass is 224 g/mol. The highest BCUT2D eigenvalue weighted by atomic mass is 32.2. The van der Waals surface area contributed by atoms with E-state index in [0.717, 1.165) is 25.0 Å². The summed E-state index contributed by atoms with van der Waals surface area (Å²) in [6.07, 6.45) is 1.64. The van der Waals surface area contributed by atoms with Crippen LogP contribution >= 0.6 is 11.8 Å². The summed E-state index contributed by atoms with van der Waals surface area (Å²) in [6, 6.07) is 0. The predicted octanol–water partition coefficient (Wildman–Crippen LogP) is 1.00. The van der Waals surface area contributed by atoms with E-state index in [1.165, 1.54) is 11.5 Å². The van der Waals surface area contributed by atoms with Crippen molar-refractivity contribution < 1.29 is 0 Å². The van der Waals surface area contributed by atoms with Gasteiger partial charge in [-0.3, -0.25) is 0 Å². The van der Waals surface area contributed by atoms with E-state index in [0.29, 0.717) is 5.41 Å². The molecule has 0 saturated carbocycles. The molecule has 2 fully saturated rings. The van der Waals surface area contributed by atoms with Crippen molar-refractivity contribution in [3.63, 3.8) is 0 Å². The molecule has 0 spiro atoms. The Labute approximate surface area is 94.0 Å². The minimum absolute atomic E-state index is 0.497. The van der Waals surface area contributed by atoms with Gasteiger partial charge in [-0.25, -0.2) is 4.68 Å². The van der Waals surface area contributed by atoms with Gasteiger partial charge in [-0.2, -0.15) is 21.8 Å². The Hall–Kier alpha value is -0.710. The third-order valence-corrected chi connectivity index (χ3v) is 5.20. The highest BCUT2D eigenvalue weighted by molar-refractivity contribution is 7.99. The van der Waals surface area contributed by atoms with Crippen molar-refractivity contribution in [3.05, 3.63) is 6.33 Å². The number of nitrogens with zero attached hydrogens (tertiary/aromatic N) is 4. The number of rotatable bonds is 1. The molecule has 1 aromatic rings. The van der Waals surface area contributed by atoms with E-state index < -0.39 is 0 Å². The smallest absolute Gasteiger partial charge is 0.223 e. The highest BCUT2D eigenvalue weighted by Crippen LogP contribution is 2.46. The predicted molar refractivity (Wildman–Crippen MR) is 62.1 cm³/mol. The molecule has 0 aliphatic carbocycles. The topological polar surface area (TPSA) is 34.0 Å². The van der Waals surface area contributed by atoms with E-state index in [9.17, 15) is 0 Å². The lowest BCUT2D eigenvalue weighted by Gasteiger charge is -2.22. The van der Waals surface area contributed by atoms with Gasteiger partial charge in [0.05, 0.1) is 0 Å². The van der Waals surface area contributed by atoms with Gasteiger partial charge < -0.3 is 4.90 Å². The van der Waals surface area contributed by atoms with Gasteiger partial charge in [-0.15, -0.1) is 0 Å². The normalized spacial score (nSPS) is 34.8. The van der Waals surface area contributed by atoms with Gasteiger partial charge in [0, 0.05) is 25.9 Å². The van der Waals surface area contributed by atoms with Crippen LogP contribution in [-0.4, -0.2) is 39.4 Å². The number of aryl methyl sites for hydroxylation is 1. The van der Waals surface area contributed by atoms with E-state index in [-0.39, 0.29) is 0 Å². The maximum absolute atomic E-state index is 4.33. The lowest BCUT2D eigenvalue weighted by atomic mass is 9.84. The van der Waals surface area contributed by atoms with Crippen molar-refractivity contribution in [1.82, 2.24) is 14.8 Å². The van der Waals surface area contributed by atoms with Gasteiger partial charge in [0.15, 0.2) is 0 Å². The fourth-order valence-corrected chi connectivity index (χ4v) is 4.40. The Kier molecular flexibility index (Phi) is 1.99. The van der Waals surface area contributed by atoms with Crippen LogP contribution in [0.5, 0.6) is 0 Å². The Morgan fingerprint density at radius 3 is 3.13 bits per heavy atom. The van der Waals surface area contributed by atoms with Gasteiger partial charge in [0.2, 0.25) is 5.95 Å².